The van der Waals surface area contributed by atoms with Crippen LogP contribution < -0.4 is 10.6 Å². The van der Waals surface area contributed by atoms with Crippen LogP contribution >= 0.6 is 23.1 Å². The minimum atomic E-state index is -0.856. The SMILES string of the molecule is CC(C)(C)c1cnc(CSc2cnc(N(C(N)=NC#N)c3c(F)cccc3F)s2)o1. The van der Waals surface area contributed by atoms with Crippen LogP contribution in [-0.4, -0.2) is 15.9 Å². The van der Waals surface area contributed by atoms with Gasteiger partial charge in [0.2, 0.25) is 18.0 Å². The fraction of sp³-hybridized carbons (Fsp3) is 0.263. The zero-order valence-electron chi connectivity index (χ0n) is 16.4. The van der Waals surface area contributed by atoms with E-state index in [4.69, 9.17) is 15.4 Å². The molecule has 0 unspecified atom stereocenters. The van der Waals surface area contributed by atoms with Crippen LogP contribution in [0.1, 0.15) is 32.4 Å². The van der Waals surface area contributed by atoms with Gasteiger partial charge in [-0.15, -0.1) is 16.8 Å². The predicted octanol–water partition coefficient (Wildman–Crippen LogP) is 4.93. The number of para-hydroxylation sites is 1. The van der Waals surface area contributed by atoms with Crippen LogP contribution in [0.4, 0.5) is 19.6 Å². The molecule has 3 aromatic rings. The van der Waals surface area contributed by atoms with Gasteiger partial charge in [0, 0.05) is 5.41 Å². The quantitative estimate of drug-likeness (QED) is 0.255. The van der Waals surface area contributed by atoms with Gasteiger partial charge >= 0.3 is 0 Å². The lowest BCUT2D eigenvalue weighted by Crippen LogP contribution is -2.34. The number of hydrogen-bond acceptors (Lipinski definition) is 7. The van der Waals surface area contributed by atoms with E-state index < -0.39 is 23.3 Å². The average Bonchev–Trinajstić information content (AvgIpc) is 3.32. The Morgan fingerprint density at radius 2 is 2.00 bits per heavy atom. The van der Waals surface area contributed by atoms with Gasteiger partial charge in [0.15, 0.2) is 5.13 Å². The molecule has 0 radical (unpaired) electrons. The van der Waals surface area contributed by atoms with Crippen molar-refractivity contribution in [3.05, 3.63) is 53.9 Å². The smallest absolute Gasteiger partial charge is 0.218 e. The largest absolute Gasteiger partial charge is 0.444 e. The second kappa shape index (κ2) is 8.81. The molecule has 0 aliphatic rings. The summed E-state index contributed by atoms with van der Waals surface area (Å²) in [5, 5.41) is 8.99. The number of aliphatic imine (C=N–C) groups is 1. The summed E-state index contributed by atoms with van der Waals surface area (Å²) in [4.78, 5) is 12.9. The number of hydrogen-bond donors (Lipinski definition) is 1. The molecule has 0 spiro atoms. The Morgan fingerprint density at radius 3 is 2.60 bits per heavy atom. The van der Waals surface area contributed by atoms with Crippen LogP contribution in [-0.2, 0) is 11.2 Å². The second-order valence-electron chi connectivity index (χ2n) is 7.09. The van der Waals surface area contributed by atoms with E-state index in [0.717, 1.165) is 38.3 Å². The van der Waals surface area contributed by atoms with E-state index in [-0.39, 0.29) is 10.5 Å². The van der Waals surface area contributed by atoms with Crippen molar-refractivity contribution in [3.8, 4) is 6.19 Å². The van der Waals surface area contributed by atoms with Gasteiger partial charge in [-0.05, 0) is 12.1 Å². The number of nitrogens with zero attached hydrogens (tertiary/aromatic N) is 5. The number of thioether (sulfide) groups is 1. The van der Waals surface area contributed by atoms with Gasteiger partial charge in [-0.3, -0.25) is 0 Å². The molecule has 11 heteroatoms. The van der Waals surface area contributed by atoms with Gasteiger partial charge in [-0.25, -0.2) is 23.6 Å². The number of halogens is 2. The molecule has 30 heavy (non-hydrogen) atoms. The van der Waals surface area contributed by atoms with Crippen molar-refractivity contribution in [3.63, 3.8) is 0 Å². The average molecular weight is 449 g/mol. The van der Waals surface area contributed by atoms with Crippen molar-refractivity contribution >= 4 is 39.9 Å². The van der Waals surface area contributed by atoms with Crippen molar-refractivity contribution in [2.75, 3.05) is 4.90 Å². The summed E-state index contributed by atoms with van der Waals surface area (Å²) in [7, 11) is 0. The fourth-order valence-corrected chi connectivity index (χ4v) is 4.22. The molecule has 1 aromatic carbocycles. The van der Waals surface area contributed by atoms with Gasteiger partial charge in [0.05, 0.1) is 22.4 Å². The number of nitriles is 1. The number of nitrogens with two attached hydrogens (primary N) is 1. The molecule has 0 fully saturated rings. The van der Waals surface area contributed by atoms with E-state index in [1.54, 1.807) is 12.4 Å². The molecule has 0 bridgehead atoms. The maximum atomic E-state index is 14.3. The van der Waals surface area contributed by atoms with Crippen molar-refractivity contribution in [2.24, 2.45) is 10.7 Å². The first kappa shape index (κ1) is 21.7. The topological polar surface area (TPSA) is 104 Å². The first-order valence-corrected chi connectivity index (χ1v) is 10.5. The maximum absolute atomic E-state index is 14.3. The Bertz CT molecular complexity index is 1090. The highest BCUT2D eigenvalue weighted by atomic mass is 32.2. The highest BCUT2D eigenvalue weighted by Gasteiger charge is 2.25. The van der Waals surface area contributed by atoms with Gasteiger partial charge in [0.1, 0.15) is 23.1 Å². The van der Waals surface area contributed by atoms with Crippen molar-refractivity contribution in [1.29, 1.82) is 5.26 Å². The van der Waals surface area contributed by atoms with Crippen LogP contribution in [0.5, 0.6) is 0 Å². The summed E-state index contributed by atoms with van der Waals surface area (Å²) >= 11 is 2.55. The molecule has 2 N–H and O–H groups in total. The number of benzene rings is 1. The van der Waals surface area contributed by atoms with Crippen molar-refractivity contribution in [1.82, 2.24) is 9.97 Å². The van der Waals surface area contributed by atoms with Crippen LogP contribution in [0.15, 0.2) is 44.2 Å². The highest BCUT2D eigenvalue weighted by molar-refractivity contribution is 8.00. The molecule has 0 atom stereocenters. The minimum Gasteiger partial charge on any atom is -0.444 e. The number of rotatable bonds is 5. The van der Waals surface area contributed by atoms with E-state index in [9.17, 15) is 8.78 Å². The van der Waals surface area contributed by atoms with Crippen molar-refractivity contribution < 1.29 is 13.2 Å². The third-order valence-electron chi connectivity index (χ3n) is 3.85. The molecule has 156 valence electrons. The van der Waals surface area contributed by atoms with E-state index >= 15 is 0 Å². The minimum absolute atomic E-state index is 0.143. The molecule has 2 heterocycles. The van der Waals surface area contributed by atoms with E-state index in [1.165, 1.54) is 24.0 Å². The molecule has 0 saturated carbocycles. The predicted molar refractivity (Wildman–Crippen MR) is 113 cm³/mol. The van der Waals surface area contributed by atoms with Gasteiger partial charge < -0.3 is 10.2 Å². The van der Waals surface area contributed by atoms with Crippen LogP contribution in [0.25, 0.3) is 0 Å². The Labute approximate surface area is 180 Å². The Kier molecular flexibility index (Phi) is 6.38. The number of oxazole rings is 1. The summed E-state index contributed by atoms with van der Waals surface area (Å²) in [6.07, 6.45) is 4.77. The maximum Gasteiger partial charge on any atom is 0.218 e. The molecule has 3 rings (SSSR count). The Hall–Kier alpha value is -2.97. The summed E-state index contributed by atoms with van der Waals surface area (Å²) in [6, 6.07) is 3.41. The number of anilines is 2. The van der Waals surface area contributed by atoms with Gasteiger partial charge in [-0.2, -0.15) is 5.26 Å². The fourth-order valence-electron chi connectivity index (χ4n) is 2.39. The van der Waals surface area contributed by atoms with Crippen LogP contribution in [0.3, 0.4) is 0 Å². The third kappa shape index (κ3) is 4.77. The lowest BCUT2D eigenvalue weighted by molar-refractivity contribution is 0.391. The summed E-state index contributed by atoms with van der Waals surface area (Å²) in [5.74, 6) is -0.315. The molecular weight excluding hydrogens is 430 g/mol. The van der Waals surface area contributed by atoms with E-state index in [0.29, 0.717) is 11.6 Å². The Morgan fingerprint density at radius 1 is 1.30 bits per heavy atom. The second-order valence-corrected chi connectivity index (χ2v) is 9.38. The summed E-state index contributed by atoms with van der Waals surface area (Å²) < 4.78 is 35.2. The standard InChI is InChI=1S/C19H18F2N6OS2/c1-19(2,3)13-7-24-14(28-13)9-29-15-8-25-18(30-15)27(17(23)26-10-22)16-11(20)5-4-6-12(16)21/h4-8H,9H2,1-3H3,(H2,23,26). The zero-order chi connectivity index (χ0) is 21.9. The molecule has 2 aromatic heterocycles. The molecule has 7 nitrogen and oxygen atoms in total. The monoisotopic (exact) mass is 448 g/mol. The van der Waals surface area contributed by atoms with E-state index in [2.05, 4.69) is 15.0 Å². The van der Waals surface area contributed by atoms with E-state index in [1.807, 2.05) is 20.8 Å². The number of thiazole rings is 1. The lowest BCUT2D eigenvalue weighted by atomic mass is 9.94. The molecule has 0 saturated heterocycles. The zero-order valence-corrected chi connectivity index (χ0v) is 18.0. The summed E-state index contributed by atoms with van der Waals surface area (Å²) in [6.45, 7) is 6.09. The number of aromatic nitrogens is 2. The molecular formula is C19H18F2N6OS2. The normalized spacial score (nSPS) is 12.1. The highest BCUT2D eigenvalue weighted by Crippen LogP contribution is 2.37. The first-order chi connectivity index (χ1) is 14.2. The molecule has 0 amide bonds. The van der Waals surface area contributed by atoms with Crippen LogP contribution in [0.2, 0.25) is 0 Å². The van der Waals surface area contributed by atoms with Gasteiger partial charge in [-0.1, -0.05) is 38.2 Å². The van der Waals surface area contributed by atoms with Crippen LogP contribution in [0, 0.1) is 23.1 Å². The number of guanidine groups is 1. The molecule has 0 aliphatic carbocycles. The lowest BCUT2D eigenvalue weighted by Gasteiger charge is -2.20. The van der Waals surface area contributed by atoms with Crippen molar-refractivity contribution in [2.45, 2.75) is 36.1 Å². The third-order valence-corrected chi connectivity index (χ3v) is 6.01. The first-order valence-electron chi connectivity index (χ1n) is 8.71. The summed E-state index contributed by atoms with van der Waals surface area (Å²) in [5.41, 5.74) is 5.20. The van der Waals surface area contributed by atoms with Gasteiger partial charge in [0.25, 0.3) is 0 Å². The Balaban J connectivity index is 1.85. The molecule has 0 aliphatic heterocycles.